The molecule has 0 bridgehead atoms. The Morgan fingerprint density at radius 1 is 0.786 bits per heavy atom. The summed E-state index contributed by atoms with van der Waals surface area (Å²) in [5.74, 6) is 0. The van der Waals surface area contributed by atoms with Crippen LogP contribution in [-0.2, 0) is 0 Å². The van der Waals surface area contributed by atoms with E-state index in [1.807, 2.05) is 58.8 Å². The van der Waals surface area contributed by atoms with Crippen molar-refractivity contribution in [1.82, 2.24) is 9.97 Å². The van der Waals surface area contributed by atoms with Gasteiger partial charge in [0.15, 0.2) is 5.13 Å². The Labute approximate surface area is 263 Å². The summed E-state index contributed by atoms with van der Waals surface area (Å²) in [7, 11) is 8.14. The number of anilines is 4. The lowest BCUT2D eigenvalue weighted by Gasteiger charge is -2.24. The van der Waals surface area contributed by atoms with E-state index >= 15 is 0 Å². The van der Waals surface area contributed by atoms with Crippen LogP contribution in [0.5, 0.6) is 0 Å². The zero-order valence-corrected chi connectivity index (χ0v) is 28.2. The molecule has 0 unspecified atom stereocenters. The largest absolute Gasteiger partial charge is 0.388 e. The first-order valence-electron chi connectivity index (χ1n) is 14.2. The zero-order valence-electron chi connectivity index (χ0n) is 26.5. The summed E-state index contributed by atoms with van der Waals surface area (Å²) in [4.78, 5) is 17.2. The van der Waals surface area contributed by atoms with Crippen molar-refractivity contribution in [2.75, 3.05) is 61.7 Å². The second kappa shape index (κ2) is 22.2. The summed E-state index contributed by atoms with van der Waals surface area (Å²) >= 11 is 3.14. The van der Waals surface area contributed by atoms with Crippen molar-refractivity contribution in [1.29, 1.82) is 0 Å². The van der Waals surface area contributed by atoms with E-state index < -0.39 is 0 Å². The second-order valence-corrected chi connectivity index (χ2v) is 10.4. The number of rotatable bonds is 10. The minimum Gasteiger partial charge on any atom is -0.388 e. The highest BCUT2D eigenvalue weighted by Gasteiger charge is 2.07. The number of benzene rings is 2. The number of nitrogens with one attached hydrogen (secondary N) is 2. The molecule has 232 valence electrons. The molecule has 0 aliphatic rings. The fourth-order valence-electron chi connectivity index (χ4n) is 3.76. The Kier molecular flexibility index (Phi) is 20.4. The third-order valence-corrected chi connectivity index (χ3v) is 7.45. The number of hydrogen-bond acceptors (Lipinski definition) is 9. The van der Waals surface area contributed by atoms with Gasteiger partial charge in [-0.05, 0) is 67.3 Å². The third kappa shape index (κ3) is 13.0. The van der Waals surface area contributed by atoms with Crippen molar-refractivity contribution in [3.05, 3.63) is 76.2 Å². The van der Waals surface area contributed by atoms with Gasteiger partial charge in [0.25, 0.3) is 0 Å². The van der Waals surface area contributed by atoms with Crippen LogP contribution >= 0.6 is 22.7 Å². The van der Waals surface area contributed by atoms with E-state index in [4.69, 9.17) is 0 Å². The molecule has 0 amide bonds. The third-order valence-electron chi connectivity index (χ3n) is 5.98. The normalized spacial score (nSPS) is 9.67. The summed E-state index contributed by atoms with van der Waals surface area (Å²) in [6.45, 7) is 14.3. The Bertz CT molecular complexity index is 1240. The first-order chi connectivity index (χ1) is 19.9. The highest BCUT2D eigenvalue weighted by atomic mass is 32.1. The van der Waals surface area contributed by atoms with Crippen molar-refractivity contribution in [2.45, 2.75) is 55.4 Å². The lowest BCUT2D eigenvalue weighted by atomic mass is 10.1. The topological polar surface area (TPSA) is 68.7 Å². The maximum atomic E-state index is 4.45. The molecule has 0 radical (unpaired) electrons. The zero-order chi connectivity index (χ0) is 30.6. The standard InChI is InChI=1S/C24H31N5S.C4H6N2S.2C2H6.CH4/c1-18-15-21(8-7-20(18)17-27-24-26-11-14-30-24)28(4)12-6-13-29(5)22-9-10-23(25-3)19(2)16-22;1-5-4-6-2-3-7-4;2*1-2;/h7-11,14-17,25H,6,12-13H2,1-5H3;2-3H,1H3,(H,5,6);2*1-2H3;1H4. The lowest BCUT2D eigenvalue weighted by molar-refractivity contribution is 0.762. The van der Waals surface area contributed by atoms with Gasteiger partial charge in [-0.3, -0.25) is 0 Å². The monoisotopic (exact) mass is 611 g/mol. The van der Waals surface area contributed by atoms with Crippen LogP contribution < -0.4 is 20.4 Å². The fraction of sp³-hybridized carbons (Fsp3) is 0.424. The van der Waals surface area contributed by atoms with Crippen LogP contribution in [0.3, 0.4) is 0 Å². The molecule has 0 spiro atoms. The SMILES string of the molecule is C.CC.CC.CNc1ccc(N(C)CCCN(C)c2ccc(C=Nc3nccs3)c(C)c2)cc1C.CNc1nccs1. The lowest BCUT2D eigenvalue weighted by Crippen LogP contribution is -2.25. The molecular weight excluding hydrogens is 559 g/mol. The number of aryl methyl sites for hydroxylation is 2. The van der Waals surface area contributed by atoms with Crippen LogP contribution in [0.1, 0.15) is 58.2 Å². The van der Waals surface area contributed by atoms with Crippen molar-refractivity contribution in [3.63, 3.8) is 0 Å². The Morgan fingerprint density at radius 2 is 1.36 bits per heavy atom. The molecule has 0 saturated carbocycles. The summed E-state index contributed by atoms with van der Waals surface area (Å²) < 4.78 is 0. The molecule has 2 aromatic heterocycles. The van der Waals surface area contributed by atoms with Crippen molar-refractivity contribution in [3.8, 4) is 0 Å². The van der Waals surface area contributed by atoms with Gasteiger partial charge in [0.1, 0.15) is 0 Å². The molecule has 9 heteroatoms. The summed E-state index contributed by atoms with van der Waals surface area (Å²) in [5, 5.41) is 11.8. The minimum atomic E-state index is 0. The Hall–Kier alpha value is -3.43. The van der Waals surface area contributed by atoms with Crippen molar-refractivity contribution < 1.29 is 0 Å². The van der Waals surface area contributed by atoms with E-state index in [-0.39, 0.29) is 7.43 Å². The first-order valence-corrected chi connectivity index (χ1v) is 16.0. The summed E-state index contributed by atoms with van der Waals surface area (Å²) in [5.41, 5.74) is 7.29. The van der Waals surface area contributed by atoms with Crippen LogP contribution in [0.25, 0.3) is 0 Å². The number of thiazole rings is 2. The molecule has 2 N–H and O–H groups in total. The van der Waals surface area contributed by atoms with E-state index in [0.29, 0.717) is 0 Å². The maximum absolute atomic E-state index is 4.45. The smallest absolute Gasteiger partial charge is 0.208 e. The van der Waals surface area contributed by atoms with Crippen LogP contribution in [0.4, 0.5) is 27.3 Å². The number of aromatic nitrogens is 2. The summed E-state index contributed by atoms with van der Waals surface area (Å²) in [6.07, 6.45) is 6.54. The number of hydrogen-bond donors (Lipinski definition) is 2. The van der Waals surface area contributed by atoms with Gasteiger partial charge in [-0.2, -0.15) is 0 Å². The van der Waals surface area contributed by atoms with Gasteiger partial charge in [0.05, 0.1) is 0 Å². The van der Waals surface area contributed by atoms with Gasteiger partial charge < -0.3 is 20.4 Å². The molecule has 4 rings (SSSR count). The predicted molar refractivity (Wildman–Crippen MR) is 194 cm³/mol. The molecular formula is C33H53N7S2. The van der Waals surface area contributed by atoms with Gasteiger partial charge in [-0.25, -0.2) is 15.0 Å². The van der Waals surface area contributed by atoms with E-state index in [1.165, 1.54) is 28.2 Å². The molecule has 0 fully saturated rings. The van der Waals surface area contributed by atoms with Gasteiger partial charge in [0, 0.05) is 87.7 Å². The molecule has 4 aromatic rings. The molecule has 0 saturated heterocycles. The molecule has 0 atom stereocenters. The van der Waals surface area contributed by atoms with Gasteiger partial charge in [-0.15, -0.1) is 22.7 Å². The highest BCUT2D eigenvalue weighted by Crippen LogP contribution is 2.23. The van der Waals surface area contributed by atoms with E-state index in [0.717, 1.165) is 35.3 Å². The van der Waals surface area contributed by atoms with E-state index in [1.54, 1.807) is 35.1 Å². The van der Waals surface area contributed by atoms with Crippen LogP contribution in [0, 0.1) is 13.8 Å². The van der Waals surface area contributed by atoms with Crippen LogP contribution in [-0.4, -0.2) is 57.5 Å². The van der Waals surface area contributed by atoms with E-state index in [2.05, 4.69) is 99.7 Å². The molecule has 2 aromatic carbocycles. The average Bonchev–Trinajstić information content (AvgIpc) is 3.73. The van der Waals surface area contributed by atoms with Gasteiger partial charge >= 0.3 is 0 Å². The van der Waals surface area contributed by atoms with Crippen LogP contribution in [0.2, 0.25) is 0 Å². The van der Waals surface area contributed by atoms with Gasteiger partial charge in [-0.1, -0.05) is 41.2 Å². The maximum Gasteiger partial charge on any atom is 0.208 e. The fourth-order valence-corrected chi connectivity index (χ4v) is 4.73. The average molecular weight is 612 g/mol. The first kappa shape index (κ1) is 38.6. The van der Waals surface area contributed by atoms with Crippen LogP contribution in [0.15, 0.2) is 64.5 Å². The van der Waals surface area contributed by atoms with Crippen molar-refractivity contribution >= 4 is 56.2 Å². The second-order valence-electron chi connectivity index (χ2n) is 8.65. The summed E-state index contributed by atoms with van der Waals surface area (Å²) in [6, 6.07) is 13.1. The van der Waals surface area contributed by atoms with E-state index in [9.17, 15) is 0 Å². The predicted octanol–water partition coefficient (Wildman–Crippen LogP) is 9.39. The molecule has 7 nitrogen and oxygen atoms in total. The number of aliphatic imine (C=N–C) groups is 1. The van der Waals surface area contributed by atoms with Crippen molar-refractivity contribution in [2.24, 2.45) is 4.99 Å². The highest BCUT2D eigenvalue weighted by molar-refractivity contribution is 7.13. The molecule has 42 heavy (non-hydrogen) atoms. The molecule has 0 aliphatic carbocycles. The number of nitrogens with zero attached hydrogens (tertiary/aromatic N) is 5. The minimum absolute atomic E-state index is 0. The Morgan fingerprint density at radius 3 is 1.81 bits per heavy atom. The molecule has 2 heterocycles. The quantitative estimate of drug-likeness (QED) is 0.174. The molecule has 0 aliphatic heterocycles. The van der Waals surface area contributed by atoms with Gasteiger partial charge in [0.2, 0.25) is 5.13 Å². The Balaban J connectivity index is 0.00000120.